The number of thiazole rings is 1. The van der Waals surface area contributed by atoms with Crippen LogP contribution in [0.15, 0.2) is 71.7 Å². The van der Waals surface area contributed by atoms with Gasteiger partial charge in [0.15, 0.2) is 5.65 Å². The molecule has 3 aromatic heterocycles. The second-order valence-corrected chi connectivity index (χ2v) is 8.19. The molecule has 2 N–H and O–H groups in total. The third kappa shape index (κ3) is 2.91. The molecule has 7 heteroatoms. The summed E-state index contributed by atoms with van der Waals surface area (Å²) >= 11 is 1.60. The molecule has 0 radical (unpaired) electrons. The third-order valence-electron chi connectivity index (χ3n) is 5.09. The van der Waals surface area contributed by atoms with Crippen LogP contribution >= 0.6 is 11.3 Å². The number of nitrogen functional groups attached to an aromatic ring is 1. The molecule has 6 nitrogen and oxygen atoms in total. The Morgan fingerprint density at radius 1 is 0.933 bits per heavy atom. The van der Waals surface area contributed by atoms with Gasteiger partial charge >= 0.3 is 5.69 Å². The average molecular weight is 414 g/mol. The number of nitrogens with zero attached hydrogens (tertiary/aromatic N) is 4. The van der Waals surface area contributed by atoms with E-state index in [2.05, 4.69) is 43.1 Å². The topological polar surface area (TPSA) is 78.7 Å². The van der Waals surface area contributed by atoms with E-state index in [0.29, 0.717) is 5.82 Å². The first-order valence-electron chi connectivity index (χ1n) is 9.53. The van der Waals surface area contributed by atoms with Gasteiger partial charge in [-0.1, -0.05) is 48.5 Å². The number of anilines is 1. The van der Waals surface area contributed by atoms with Crippen molar-refractivity contribution >= 4 is 27.5 Å². The minimum Gasteiger partial charge on any atom is -0.383 e. The molecule has 0 unspecified atom stereocenters. The zero-order valence-corrected chi connectivity index (χ0v) is 17.4. The Morgan fingerprint density at radius 3 is 2.37 bits per heavy atom. The van der Waals surface area contributed by atoms with Gasteiger partial charge in [0.1, 0.15) is 16.6 Å². The summed E-state index contributed by atoms with van der Waals surface area (Å²) in [6.45, 7) is 4.12. The number of aromatic nitrogens is 4. The van der Waals surface area contributed by atoms with Crippen LogP contribution in [0.1, 0.15) is 11.1 Å². The van der Waals surface area contributed by atoms with Crippen LogP contribution in [0.2, 0.25) is 0 Å². The molecular weight excluding hydrogens is 394 g/mol. The van der Waals surface area contributed by atoms with Crippen molar-refractivity contribution in [2.45, 2.75) is 13.8 Å². The van der Waals surface area contributed by atoms with Crippen molar-refractivity contribution in [3.05, 3.63) is 88.5 Å². The van der Waals surface area contributed by atoms with Gasteiger partial charge in [0.05, 0.1) is 10.4 Å². The number of rotatable bonds is 3. The predicted molar refractivity (Wildman–Crippen MR) is 122 cm³/mol. The molecule has 0 aliphatic rings. The number of aryl methyl sites for hydroxylation is 2. The van der Waals surface area contributed by atoms with E-state index in [1.54, 1.807) is 23.6 Å². The average Bonchev–Trinajstić information content (AvgIpc) is 3.28. The smallest absolute Gasteiger partial charge is 0.355 e. The fourth-order valence-electron chi connectivity index (χ4n) is 3.72. The maximum Gasteiger partial charge on any atom is 0.355 e. The highest BCUT2D eigenvalue weighted by molar-refractivity contribution is 7.21. The summed E-state index contributed by atoms with van der Waals surface area (Å²) in [5.41, 5.74) is 10.4. The third-order valence-corrected chi connectivity index (χ3v) is 6.13. The molecule has 0 aliphatic carbocycles. The van der Waals surface area contributed by atoms with Crippen molar-refractivity contribution in [1.82, 2.24) is 19.1 Å². The lowest BCUT2D eigenvalue weighted by Crippen LogP contribution is -2.23. The number of benzene rings is 2. The molecule has 0 aliphatic heterocycles. The second-order valence-electron chi connectivity index (χ2n) is 7.16. The molecule has 148 valence electrons. The Morgan fingerprint density at radius 2 is 1.67 bits per heavy atom. The lowest BCUT2D eigenvalue weighted by atomic mass is 10.1. The van der Waals surface area contributed by atoms with Crippen LogP contribution in [0, 0.1) is 13.8 Å². The fourth-order valence-corrected chi connectivity index (χ4v) is 4.71. The van der Waals surface area contributed by atoms with Gasteiger partial charge in [-0.3, -0.25) is 9.13 Å². The highest BCUT2D eigenvalue weighted by Crippen LogP contribution is 2.36. The molecule has 0 saturated heterocycles. The molecule has 0 bridgehead atoms. The van der Waals surface area contributed by atoms with E-state index < -0.39 is 5.69 Å². The van der Waals surface area contributed by atoms with Gasteiger partial charge < -0.3 is 5.73 Å². The molecule has 2 aromatic carbocycles. The van der Waals surface area contributed by atoms with Gasteiger partial charge in [0, 0.05) is 17.8 Å². The lowest BCUT2D eigenvalue weighted by Gasteiger charge is -2.16. The quantitative estimate of drug-likeness (QED) is 0.472. The number of hydrogen-bond acceptors (Lipinski definition) is 5. The predicted octanol–water partition coefficient (Wildman–Crippen LogP) is 4.50. The molecule has 5 aromatic rings. The first-order valence-corrected chi connectivity index (χ1v) is 10.3. The largest absolute Gasteiger partial charge is 0.383 e. The SMILES string of the molecule is Cc1cccc(C)c1-n1c(-n2ccc(N)nc2=O)cc2sc(-c3ccccc3)nc21. The number of nitrogens with two attached hydrogens (primary N) is 1. The molecule has 0 saturated carbocycles. The number of para-hydroxylation sites is 1. The van der Waals surface area contributed by atoms with Gasteiger partial charge in [-0.2, -0.15) is 4.98 Å². The van der Waals surface area contributed by atoms with E-state index in [1.165, 1.54) is 4.57 Å². The normalized spacial score (nSPS) is 11.3. The van der Waals surface area contributed by atoms with Crippen molar-refractivity contribution in [3.8, 4) is 22.1 Å². The second kappa shape index (κ2) is 6.96. The summed E-state index contributed by atoms with van der Waals surface area (Å²) < 4.78 is 4.55. The maximum atomic E-state index is 12.6. The zero-order valence-electron chi connectivity index (χ0n) is 16.5. The Labute approximate surface area is 176 Å². The molecule has 3 heterocycles. The van der Waals surface area contributed by atoms with Crippen LogP contribution in [-0.2, 0) is 0 Å². The Balaban J connectivity index is 1.85. The van der Waals surface area contributed by atoms with E-state index in [1.807, 2.05) is 34.9 Å². The molecule has 0 amide bonds. The Bertz CT molecular complexity index is 1430. The van der Waals surface area contributed by atoms with Crippen molar-refractivity contribution in [1.29, 1.82) is 0 Å². The van der Waals surface area contributed by atoms with E-state index in [0.717, 1.165) is 37.7 Å². The van der Waals surface area contributed by atoms with Gasteiger partial charge in [-0.25, -0.2) is 9.78 Å². The fraction of sp³-hybridized carbons (Fsp3) is 0.0870. The standard InChI is InChI=1S/C23H19N5OS/c1-14-7-6-8-15(2)20(14)28-19(27-12-11-18(24)25-23(27)29)13-17-21(28)26-22(30-17)16-9-4-3-5-10-16/h3-13H,1-2H3,(H2,24,25,29). The highest BCUT2D eigenvalue weighted by atomic mass is 32.1. The molecule has 0 fully saturated rings. The summed E-state index contributed by atoms with van der Waals surface area (Å²) in [6.07, 6.45) is 1.66. The number of fused-ring (bicyclic) bond motifs is 1. The molecule has 0 atom stereocenters. The molecule has 30 heavy (non-hydrogen) atoms. The number of hydrogen-bond donors (Lipinski definition) is 1. The van der Waals surface area contributed by atoms with Crippen LogP contribution in [0.5, 0.6) is 0 Å². The van der Waals surface area contributed by atoms with Gasteiger partial charge in [0.25, 0.3) is 0 Å². The van der Waals surface area contributed by atoms with E-state index in [4.69, 9.17) is 10.7 Å². The van der Waals surface area contributed by atoms with Crippen LogP contribution in [0.25, 0.3) is 32.4 Å². The first kappa shape index (κ1) is 18.3. The summed E-state index contributed by atoms with van der Waals surface area (Å²) in [5.74, 6) is 0.894. The Hall–Kier alpha value is -3.71. The summed E-state index contributed by atoms with van der Waals surface area (Å²) in [4.78, 5) is 21.5. The van der Waals surface area contributed by atoms with E-state index >= 15 is 0 Å². The van der Waals surface area contributed by atoms with Crippen LogP contribution in [0.4, 0.5) is 5.82 Å². The Kier molecular flexibility index (Phi) is 4.25. The van der Waals surface area contributed by atoms with Crippen LogP contribution < -0.4 is 11.4 Å². The minimum absolute atomic E-state index is 0.202. The maximum absolute atomic E-state index is 12.6. The van der Waals surface area contributed by atoms with Gasteiger partial charge in [-0.05, 0) is 31.0 Å². The van der Waals surface area contributed by atoms with Crippen molar-refractivity contribution in [3.63, 3.8) is 0 Å². The zero-order chi connectivity index (χ0) is 20.8. The summed E-state index contributed by atoms with van der Waals surface area (Å²) in [7, 11) is 0. The first-order chi connectivity index (χ1) is 14.5. The molecule has 5 rings (SSSR count). The van der Waals surface area contributed by atoms with Crippen molar-refractivity contribution in [2.75, 3.05) is 5.73 Å². The molecule has 0 spiro atoms. The van der Waals surface area contributed by atoms with Crippen molar-refractivity contribution in [2.24, 2.45) is 0 Å². The molecular formula is C23H19N5OS. The summed E-state index contributed by atoms with van der Waals surface area (Å²) in [5, 5.41) is 0.940. The lowest BCUT2D eigenvalue weighted by molar-refractivity contribution is 0.853. The van der Waals surface area contributed by atoms with E-state index in [9.17, 15) is 4.79 Å². The van der Waals surface area contributed by atoms with E-state index in [-0.39, 0.29) is 5.82 Å². The van der Waals surface area contributed by atoms with Gasteiger partial charge in [0.2, 0.25) is 0 Å². The monoisotopic (exact) mass is 413 g/mol. The summed E-state index contributed by atoms with van der Waals surface area (Å²) in [6, 6.07) is 19.9. The van der Waals surface area contributed by atoms with Gasteiger partial charge in [-0.15, -0.1) is 11.3 Å². The van der Waals surface area contributed by atoms with Crippen LogP contribution in [0.3, 0.4) is 0 Å². The minimum atomic E-state index is -0.420. The van der Waals surface area contributed by atoms with Crippen molar-refractivity contribution < 1.29 is 0 Å². The highest BCUT2D eigenvalue weighted by Gasteiger charge is 2.20. The van der Waals surface area contributed by atoms with Crippen LogP contribution in [-0.4, -0.2) is 19.1 Å².